The molecular weight excluding hydrogens is 292 g/mol. The average molecular weight is 306 g/mol. The SMILES string of the molecule is O=C(O)C(O)(N=Nc1ccc2ccccc2c1)c1ccccc1. The fourth-order valence-corrected chi connectivity index (χ4v) is 2.26. The summed E-state index contributed by atoms with van der Waals surface area (Å²) in [5.41, 5.74) is -1.79. The van der Waals surface area contributed by atoms with Gasteiger partial charge in [0.25, 0.3) is 0 Å². The summed E-state index contributed by atoms with van der Waals surface area (Å²) < 4.78 is 0. The summed E-state index contributed by atoms with van der Waals surface area (Å²) in [4.78, 5) is 11.5. The van der Waals surface area contributed by atoms with Crippen LogP contribution in [-0.2, 0) is 10.5 Å². The van der Waals surface area contributed by atoms with Crippen molar-refractivity contribution in [2.75, 3.05) is 0 Å². The maximum absolute atomic E-state index is 11.5. The molecule has 5 heteroatoms. The molecular formula is C18H14N2O3. The molecule has 0 heterocycles. The van der Waals surface area contributed by atoms with Gasteiger partial charge in [-0.05, 0) is 22.9 Å². The second kappa shape index (κ2) is 5.98. The van der Waals surface area contributed by atoms with Crippen LogP contribution in [0.3, 0.4) is 0 Å². The van der Waals surface area contributed by atoms with Crippen LogP contribution in [0.5, 0.6) is 0 Å². The predicted molar refractivity (Wildman–Crippen MR) is 86.4 cm³/mol. The van der Waals surface area contributed by atoms with Gasteiger partial charge in [0.2, 0.25) is 0 Å². The van der Waals surface area contributed by atoms with Gasteiger partial charge in [-0.25, -0.2) is 4.79 Å². The normalized spacial score (nSPS) is 14.0. The third-order valence-corrected chi connectivity index (χ3v) is 3.52. The largest absolute Gasteiger partial charge is 0.477 e. The van der Waals surface area contributed by atoms with Gasteiger partial charge in [0.05, 0.1) is 5.69 Å². The van der Waals surface area contributed by atoms with Crippen LogP contribution in [0.4, 0.5) is 5.69 Å². The molecule has 0 aliphatic carbocycles. The smallest absolute Gasteiger partial charge is 0.365 e. The number of benzene rings is 3. The van der Waals surface area contributed by atoms with Crippen LogP contribution in [0.25, 0.3) is 10.8 Å². The Morgan fingerprint density at radius 3 is 2.22 bits per heavy atom. The topological polar surface area (TPSA) is 82.2 Å². The zero-order valence-corrected chi connectivity index (χ0v) is 12.1. The maximum Gasteiger partial charge on any atom is 0.365 e. The average Bonchev–Trinajstić information content (AvgIpc) is 2.60. The van der Waals surface area contributed by atoms with Gasteiger partial charge in [-0.15, -0.1) is 5.11 Å². The molecule has 3 aromatic carbocycles. The van der Waals surface area contributed by atoms with E-state index >= 15 is 0 Å². The predicted octanol–water partition coefficient (Wildman–Crippen LogP) is 3.85. The van der Waals surface area contributed by atoms with E-state index in [1.165, 1.54) is 12.1 Å². The Kier molecular flexibility index (Phi) is 3.87. The van der Waals surface area contributed by atoms with Crippen molar-refractivity contribution < 1.29 is 15.0 Å². The van der Waals surface area contributed by atoms with Gasteiger partial charge in [-0.1, -0.05) is 60.7 Å². The minimum atomic E-state index is -2.41. The van der Waals surface area contributed by atoms with E-state index in [0.29, 0.717) is 5.69 Å². The van der Waals surface area contributed by atoms with Gasteiger partial charge in [0, 0.05) is 5.56 Å². The number of carboxylic acid groups (broad SMARTS) is 1. The molecule has 0 radical (unpaired) electrons. The van der Waals surface area contributed by atoms with Crippen LogP contribution in [0.1, 0.15) is 5.56 Å². The Labute approximate surface area is 132 Å². The minimum absolute atomic E-state index is 0.150. The number of carboxylic acids is 1. The lowest BCUT2D eigenvalue weighted by Crippen LogP contribution is -2.32. The van der Waals surface area contributed by atoms with Gasteiger partial charge in [-0.3, -0.25) is 0 Å². The minimum Gasteiger partial charge on any atom is -0.477 e. The number of hydrogen-bond acceptors (Lipinski definition) is 4. The van der Waals surface area contributed by atoms with E-state index in [0.717, 1.165) is 10.8 Å². The highest BCUT2D eigenvalue weighted by Crippen LogP contribution is 2.27. The van der Waals surface area contributed by atoms with Crippen LogP contribution in [0.2, 0.25) is 0 Å². The highest BCUT2D eigenvalue weighted by molar-refractivity contribution is 5.85. The number of aliphatic hydroxyl groups is 1. The van der Waals surface area contributed by atoms with Crippen LogP contribution < -0.4 is 0 Å². The number of nitrogens with zero attached hydrogens (tertiary/aromatic N) is 2. The zero-order valence-electron chi connectivity index (χ0n) is 12.1. The van der Waals surface area contributed by atoms with Crippen molar-refractivity contribution in [2.24, 2.45) is 10.2 Å². The van der Waals surface area contributed by atoms with E-state index in [-0.39, 0.29) is 5.56 Å². The molecule has 0 aromatic heterocycles. The van der Waals surface area contributed by atoms with Gasteiger partial charge in [0.1, 0.15) is 0 Å². The van der Waals surface area contributed by atoms with Crippen LogP contribution in [0, 0.1) is 0 Å². The molecule has 0 saturated carbocycles. The van der Waals surface area contributed by atoms with Crippen molar-refractivity contribution in [3.8, 4) is 0 Å². The van der Waals surface area contributed by atoms with Crippen molar-refractivity contribution >= 4 is 22.4 Å². The summed E-state index contributed by atoms with van der Waals surface area (Å²) in [6.45, 7) is 0. The number of carbonyl (C=O) groups is 1. The number of azo groups is 1. The number of aliphatic carboxylic acids is 1. The molecule has 3 rings (SSSR count). The van der Waals surface area contributed by atoms with E-state index in [1.807, 2.05) is 30.3 Å². The highest BCUT2D eigenvalue weighted by atomic mass is 16.4. The molecule has 0 amide bonds. The quantitative estimate of drug-likeness (QED) is 0.718. The number of fused-ring (bicyclic) bond motifs is 1. The molecule has 0 aliphatic rings. The molecule has 0 saturated heterocycles. The number of hydrogen-bond donors (Lipinski definition) is 2. The zero-order chi connectivity index (χ0) is 16.3. The first-order valence-electron chi connectivity index (χ1n) is 7.02. The first-order valence-corrected chi connectivity index (χ1v) is 7.02. The van der Waals surface area contributed by atoms with Crippen LogP contribution >= 0.6 is 0 Å². The molecule has 114 valence electrons. The van der Waals surface area contributed by atoms with E-state index in [4.69, 9.17) is 0 Å². The summed E-state index contributed by atoms with van der Waals surface area (Å²) >= 11 is 0. The molecule has 0 spiro atoms. The summed E-state index contributed by atoms with van der Waals surface area (Å²) in [5.74, 6) is -1.48. The van der Waals surface area contributed by atoms with E-state index in [1.54, 1.807) is 30.3 Å². The standard InChI is InChI=1S/C18H14N2O3/c21-17(22)18(23,15-8-2-1-3-9-15)20-19-16-11-10-13-6-4-5-7-14(13)12-16/h1-12,23H,(H,21,22). The van der Waals surface area contributed by atoms with E-state index in [9.17, 15) is 15.0 Å². The summed E-state index contributed by atoms with van der Waals surface area (Å²) in [5, 5.41) is 29.3. The number of rotatable bonds is 4. The summed E-state index contributed by atoms with van der Waals surface area (Å²) in [7, 11) is 0. The highest BCUT2D eigenvalue weighted by Gasteiger charge is 2.38. The Hall–Kier alpha value is -3.05. The van der Waals surface area contributed by atoms with Gasteiger partial charge in [-0.2, -0.15) is 5.11 Å². The second-order valence-electron chi connectivity index (χ2n) is 5.07. The van der Waals surface area contributed by atoms with Gasteiger partial charge >= 0.3 is 11.7 Å². The van der Waals surface area contributed by atoms with Gasteiger partial charge < -0.3 is 10.2 Å². The molecule has 1 atom stereocenters. The Morgan fingerprint density at radius 2 is 1.52 bits per heavy atom. The van der Waals surface area contributed by atoms with Crippen LogP contribution in [-0.4, -0.2) is 16.2 Å². The summed E-state index contributed by atoms with van der Waals surface area (Å²) in [6.07, 6.45) is 0. The molecule has 5 nitrogen and oxygen atoms in total. The van der Waals surface area contributed by atoms with E-state index in [2.05, 4.69) is 10.2 Å². The fourth-order valence-electron chi connectivity index (χ4n) is 2.26. The first-order chi connectivity index (χ1) is 11.1. The Morgan fingerprint density at radius 1 is 0.870 bits per heavy atom. The lowest BCUT2D eigenvalue weighted by molar-refractivity contribution is -0.159. The lowest BCUT2D eigenvalue weighted by atomic mass is 10.0. The maximum atomic E-state index is 11.5. The van der Waals surface area contributed by atoms with Crippen molar-refractivity contribution in [3.05, 3.63) is 78.4 Å². The second-order valence-corrected chi connectivity index (χ2v) is 5.07. The monoisotopic (exact) mass is 306 g/mol. The molecule has 2 N–H and O–H groups in total. The summed E-state index contributed by atoms with van der Waals surface area (Å²) in [6, 6.07) is 21.1. The van der Waals surface area contributed by atoms with Crippen molar-refractivity contribution in [1.29, 1.82) is 0 Å². The molecule has 0 bridgehead atoms. The Balaban J connectivity index is 1.99. The fraction of sp³-hybridized carbons (Fsp3) is 0.0556. The van der Waals surface area contributed by atoms with Crippen molar-refractivity contribution in [3.63, 3.8) is 0 Å². The van der Waals surface area contributed by atoms with E-state index < -0.39 is 11.7 Å². The molecule has 23 heavy (non-hydrogen) atoms. The molecule has 0 aliphatic heterocycles. The first kappa shape index (κ1) is 14.9. The van der Waals surface area contributed by atoms with Crippen LogP contribution in [0.15, 0.2) is 83.0 Å². The molecule has 3 aromatic rings. The van der Waals surface area contributed by atoms with Crippen molar-refractivity contribution in [1.82, 2.24) is 0 Å². The molecule has 1 unspecified atom stereocenters. The molecule has 0 fully saturated rings. The third kappa shape index (κ3) is 2.95. The van der Waals surface area contributed by atoms with Crippen molar-refractivity contribution in [2.45, 2.75) is 5.72 Å². The van der Waals surface area contributed by atoms with Gasteiger partial charge in [0.15, 0.2) is 0 Å². The lowest BCUT2D eigenvalue weighted by Gasteiger charge is -2.17. The third-order valence-electron chi connectivity index (χ3n) is 3.52. The Bertz CT molecular complexity index is 878.